The number of imide groups is 1. The van der Waals surface area contributed by atoms with Crippen molar-refractivity contribution in [2.45, 2.75) is 66.3 Å². The molecule has 5 nitrogen and oxygen atoms in total. The van der Waals surface area contributed by atoms with E-state index < -0.39 is 5.41 Å². The summed E-state index contributed by atoms with van der Waals surface area (Å²) in [5.74, 6) is -0.454. The van der Waals surface area contributed by atoms with Crippen molar-refractivity contribution in [2.24, 2.45) is 16.7 Å². The average Bonchev–Trinajstić information content (AvgIpc) is 2.52. The van der Waals surface area contributed by atoms with E-state index in [1.807, 2.05) is 41.5 Å². The van der Waals surface area contributed by atoms with Crippen LogP contribution in [0.4, 0.5) is 0 Å². The minimum atomic E-state index is -0.494. The molecule has 0 radical (unpaired) electrons. The van der Waals surface area contributed by atoms with E-state index in [4.69, 9.17) is 0 Å². The monoisotopic (exact) mass is 308 g/mol. The van der Waals surface area contributed by atoms with E-state index in [1.165, 1.54) is 4.90 Å². The molecule has 1 saturated carbocycles. The van der Waals surface area contributed by atoms with Crippen molar-refractivity contribution in [3.8, 4) is 0 Å². The third-order valence-electron chi connectivity index (χ3n) is 5.58. The molecule has 2 bridgehead atoms. The second kappa shape index (κ2) is 5.07. The number of piperidine rings is 1. The van der Waals surface area contributed by atoms with Crippen LogP contribution < -0.4 is 5.32 Å². The van der Waals surface area contributed by atoms with Crippen molar-refractivity contribution >= 4 is 17.7 Å². The molecule has 3 amide bonds. The van der Waals surface area contributed by atoms with Gasteiger partial charge in [0.15, 0.2) is 0 Å². The second-order valence-electron chi connectivity index (χ2n) is 8.49. The maximum atomic E-state index is 12.8. The first-order valence-corrected chi connectivity index (χ1v) is 8.07. The number of likely N-dealkylation sites (tertiary alicyclic amines) is 1. The van der Waals surface area contributed by atoms with Gasteiger partial charge in [-0.25, -0.2) is 0 Å². The third kappa shape index (κ3) is 2.55. The number of carbonyl (C=O) groups is 3. The minimum Gasteiger partial charge on any atom is -0.351 e. The topological polar surface area (TPSA) is 66.5 Å². The molecule has 5 heteroatoms. The Hall–Kier alpha value is -1.39. The first-order chi connectivity index (χ1) is 9.90. The lowest BCUT2D eigenvalue weighted by Gasteiger charge is -2.47. The lowest BCUT2D eigenvalue weighted by Crippen LogP contribution is -2.59. The first kappa shape index (κ1) is 17.0. The smallest absolute Gasteiger partial charge is 0.235 e. The van der Waals surface area contributed by atoms with E-state index in [1.54, 1.807) is 0 Å². The Morgan fingerprint density at radius 2 is 1.86 bits per heavy atom. The molecule has 22 heavy (non-hydrogen) atoms. The van der Waals surface area contributed by atoms with Gasteiger partial charge in [0, 0.05) is 24.4 Å². The van der Waals surface area contributed by atoms with Crippen LogP contribution in [0.3, 0.4) is 0 Å². The molecule has 2 unspecified atom stereocenters. The van der Waals surface area contributed by atoms with Crippen LogP contribution in [0.5, 0.6) is 0 Å². The largest absolute Gasteiger partial charge is 0.351 e. The quantitative estimate of drug-likeness (QED) is 0.812. The van der Waals surface area contributed by atoms with Crippen LogP contribution >= 0.6 is 0 Å². The van der Waals surface area contributed by atoms with E-state index >= 15 is 0 Å². The van der Waals surface area contributed by atoms with E-state index in [-0.39, 0.29) is 47.6 Å². The zero-order valence-corrected chi connectivity index (χ0v) is 14.6. The lowest BCUT2D eigenvalue weighted by molar-refractivity contribution is -0.167. The molecule has 0 aromatic carbocycles. The third-order valence-corrected chi connectivity index (χ3v) is 5.58. The molecule has 124 valence electrons. The predicted molar refractivity (Wildman–Crippen MR) is 83.8 cm³/mol. The summed E-state index contributed by atoms with van der Waals surface area (Å²) >= 11 is 0. The van der Waals surface area contributed by atoms with Crippen molar-refractivity contribution < 1.29 is 14.4 Å². The van der Waals surface area contributed by atoms with Gasteiger partial charge in [-0.15, -0.1) is 0 Å². The van der Waals surface area contributed by atoms with Gasteiger partial charge in [-0.1, -0.05) is 20.8 Å². The molecule has 1 saturated heterocycles. The zero-order valence-electron chi connectivity index (χ0n) is 14.6. The fourth-order valence-electron chi connectivity index (χ4n) is 3.81. The molecule has 1 aliphatic heterocycles. The van der Waals surface area contributed by atoms with Gasteiger partial charge < -0.3 is 5.32 Å². The van der Waals surface area contributed by atoms with Crippen molar-refractivity contribution in [3.63, 3.8) is 0 Å². The van der Waals surface area contributed by atoms with Gasteiger partial charge in [-0.05, 0) is 39.0 Å². The Balaban J connectivity index is 2.09. The van der Waals surface area contributed by atoms with Crippen LogP contribution in [0.1, 0.15) is 60.8 Å². The van der Waals surface area contributed by atoms with Gasteiger partial charge >= 0.3 is 0 Å². The number of carbonyl (C=O) groups excluding carboxylic acids is 3. The number of nitrogens with zero attached hydrogens (tertiary/aromatic N) is 1. The maximum absolute atomic E-state index is 12.8. The van der Waals surface area contributed by atoms with Crippen molar-refractivity contribution in [2.75, 3.05) is 6.54 Å². The van der Waals surface area contributed by atoms with Crippen LogP contribution in [0, 0.1) is 16.7 Å². The normalized spacial score (nSPS) is 30.6. The highest BCUT2D eigenvalue weighted by Gasteiger charge is 2.64. The summed E-state index contributed by atoms with van der Waals surface area (Å²) in [6.45, 7) is 11.9. The summed E-state index contributed by atoms with van der Waals surface area (Å²) in [4.78, 5) is 38.7. The summed E-state index contributed by atoms with van der Waals surface area (Å²) in [5, 5.41) is 2.86. The number of hydrogen-bond acceptors (Lipinski definition) is 3. The number of fused-ring (bicyclic) bond motifs is 2. The number of hydrogen-bond donors (Lipinski definition) is 1. The zero-order chi connectivity index (χ0) is 16.9. The van der Waals surface area contributed by atoms with Crippen LogP contribution in [0.25, 0.3) is 0 Å². The van der Waals surface area contributed by atoms with E-state index in [2.05, 4.69) is 5.32 Å². The molecule has 1 heterocycles. The SMILES string of the molecule is CC(C)(C)NC(=O)CCN1C(=O)C2CCC(C)(C1=O)C2(C)C. The van der Waals surface area contributed by atoms with Gasteiger partial charge in [0.1, 0.15) is 0 Å². The molecule has 0 aromatic rings. The molecule has 2 fully saturated rings. The fourth-order valence-corrected chi connectivity index (χ4v) is 3.81. The second-order valence-corrected chi connectivity index (χ2v) is 8.49. The molecule has 0 spiro atoms. The number of nitrogens with one attached hydrogen (secondary N) is 1. The molecule has 2 rings (SSSR count). The molecular weight excluding hydrogens is 280 g/mol. The summed E-state index contributed by atoms with van der Waals surface area (Å²) in [6.07, 6.45) is 1.68. The van der Waals surface area contributed by atoms with E-state index in [0.29, 0.717) is 0 Å². The van der Waals surface area contributed by atoms with Gasteiger partial charge in [0.05, 0.1) is 5.41 Å². The summed E-state index contributed by atoms with van der Waals surface area (Å²) in [7, 11) is 0. The Bertz CT molecular complexity index is 518. The standard InChI is InChI=1S/C17H28N2O3/c1-15(2,3)18-12(20)8-10-19-13(21)11-7-9-17(6,14(19)22)16(11,4)5/h11H,7-10H2,1-6H3,(H,18,20). The van der Waals surface area contributed by atoms with E-state index in [0.717, 1.165) is 12.8 Å². The fraction of sp³-hybridized carbons (Fsp3) is 0.824. The Morgan fingerprint density at radius 3 is 2.41 bits per heavy atom. The predicted octanol–water partition coefficient (Wildman–Crippen LogP) is 2.10. The summed E-state index contributed by atoms with van der Waals surface area (Å²) in [5.41, 5.74) is -1.10. The van der Waals surface area contributed by atoms with Gasteiger partial charge in [0.2, 0.25) is 17.7 Å². The van der Waals surface area contributed by atoms with Crippen LogP contribution in [0.2, 0.25) is 0 Å². The Labute approximate surface area is 132 Å². The Kier molecular flexibility index (Phi) is 3.91. The molecular formula is C17H28N2O3. The first-order valence-electron chi connectivity index (χ1n) is 8.07. The molecule has 1 aliphatic carbocycles. The molecule has 2 atom stereocenters. The number of amides is 3. The van der Waals surface area contributed by atoms with Crippen molar-refractivity contribution in [3.05, 3.63) is 0 Å². The summed E-state index contributed by atoms with van der Waals surface area (Å²) < 4.78 is 0. The highest BCUT2D eigenvalue weighted by Crippen LogP contribution is 2.59. The van der Waals surface area contributed by atoms with E-state index in [9.17, 15) is 14.4 Å². The van der Waals surface area contributed by atoms with Crippen LogP contribution in [-0.4, -0.2) is 34.7 Å². The molecule has 1 N–H and O–H groups in total. The molecule has 0 aromatic heterocycles. The van der Waals surface area contributed by atoms with Gasteiger partial charge in [0.25, 0.3) is 0 Å². The van der Waals surface area contributed by atoms with Gasteiger partial charge in [-0.3, -0.25) is 19.3 Å². The lowest BCUT2D eigenvalue weighted by atomic mass is 9.62. The minimum absolute atomic E-state index is 0.103. The summed E-state index contributed by atoms with van der Waals surface area (Å²) in [6, 6.07) is 0. The highest BCUT2D eigenvalue weighted by atomic mass is 16.2. The van der Waals surface area contributed by atoms with Crippen molar-refractivity contribution in [1.82, 2.24) is 10.2 Å². The number of rotatable bonds is 3. The van der Waals surface area contributed by atoms with Gasteiger partial charge in [-0.2, -0.15) is 0 Å². The highest BCUT2D eigenvalue weighted by molar-refractivity contribution is 6.04. The Morgan fingerprint density at radius 1 is 1.27 bits per heavy atom. The average molecular weight is 308 g/mol. The van der Waals surface area contributed by atoms with Crippen LogP contribution in [0.15, 0.2) is 0 Å². The van der Waals surface area contributed by atoms with Crippen LogP contribution in [-0.2, 0) is 14.4 Å². The maximum Gasteiger partial charge on any atom is 0.235 e. The molecule has 2 aliphatic rings. The van der Waals surface area contributed by atoms with Crippen molar-refractivity contribution in [1.29, 1.82) is 0 Å².